The minimum Gasteiger partial charge on any atom is -0.464 e. The fraction of sp³-hybridized carbons (Fsp3) is 0.545. The molecule has 0 aromatic heterocycles. The molecule has 0 unspecified atom stereocenters. The Balaban J connectivity index is 4.42. The normalized spacial score (nSPS) is 14.1. The highest BCUT2D eigenvalue weighted by Gasteiger charge is 2.34. The first-order valence-electron chi connectivity index (χ1n) is 4.63. The predicted octanol–water partition coefficient (Wildman–Crippen LogP) is 2.09. The van der Waals surface area contributed by atoms with E-state index < -0.39 is 5.60 Å². The molecule has 14 heavy (non-hydrogen) atoms. The summed E-state index contributed by atoms with van der Waals surface area (Å²) in [5, 5.41) is 0. The van der Waals surface area contributed by atoms with Gasteiger partial charge in [-0.15, -0.1) is 13.2 Å². The number of carbonyl (C=O) groups excluding carboxylic acids is 1. The van der Waals surface area contributed by atoms with Crippen molar-refractivity contribution in [1.82, 2.24) is 0 Å². The van der Waals surface area contributed by atoms with E-state index in [-0.39, 0.29) is 5.97 Å². The molecule has 0 fully saturated rings. The van der Waals surface area contributed by atoms with Crippen molar-refractivity contribution in [3.8, 4) is 0 Å². The fourth-order valence-corrected chi connectivity index (χ4v) is 1.00. The summed E-state index contributed by atoms with van der Waals surface area (Å²) < 4.78 is 10.3. The van der Waals surface area contributed by atoms with Gasteiger partial charge < -0.3 is 9.47 Å². The lowest BCUT2D eigenvalue weighted by Gasteiger charge is -2.25. The molecule has 1 atom stereocenters. The Kier molecular flexibility index (Phi) is 5.88. The zero-order chi connectivity index (χ0) is 11.0. The third-order valence-electron chi connectivity index (χ3n) is 1.76. The highest BCUT2D eigenvalue weighted by atomic mass is 16.6. The molecule has 0 saturated carbocycles. The summed E-state index contributed by atoms with van der Waals surface area (Å²) in [5.74, 6) is -0.359. The molecule has 3 heteroatoms. The molecule has 0 aliphatic carbocycles. The number of carbonyl (C=O) groups is 1. The summed E-state index contributed by atoms with van der Waals surface area (Å²) >= 11 is 0. The summed E-state index contributed by atoms with van der Waals surface area (Å²) in [5.41, 5.74) is -0.939. The molecule has 0 aromatic rings. The van der Waals surface area contributed by atoms with Gasteiger partial charge in [0.1, 0.15) is 0 Å². The van der Waals surface area contributed by atoms with E-state index in [1.807, 2.05) is 0 Å². The third-order valence-corrected chi connectivity index (χ3v) is 1.76. The van der Waals surface area contributed by atoms with Crippen molar-refractivity contribution in [2.45, 2.75) is 25.9 Å². The third kappa shape index (κ3) is 3.75. The second-order valence-electron chi connectivity index (χ2n) is 3.04. The molecule has 0 amide bonds. The van der Waals surface area contributed by atoms with E-state index in [0.29, 0.717) is 19.6 Å². The lowest BCUT2D eigenvalue weighted by molar-refractivity contribution is -0.168. The molecule has 0 bridgehead atoms. The quantitative estimate of drug-likeness (QED) is 0.464. The van der Waals surface area contributed by atoms with Gasteiger partial charge in [-0.2, -0.15) is 0 Å². The van der Waals surface area contributed by atoms with E-state index in [2.05, 4.69) is 13.2 Å². The van der Waals surface area contributed by atoms with Crippen molar-refractivity contribution in [1.29, 1.82) is 0 Å². The molecule has 0 N–H and O–H groups in total. The largest absolute Gasteiger partial charge is 0.464 e. The predicted molar refractivity (Wildman–Crippen MR) is 56.0 cm³/mol. The first-order chi connectivity index (χ1) is 6.60. The van der Waals surface area contributed by atoms with Crippen LogP contribution in [0, 0.1) is 0 Å². The van der Waals surface area contributed by atoms with E-state index in [4.69, 9.17) is 9.47 Å². The van der Waals surface area contributed by atoms with Crippen LogP contribution in [0.3, 0.4) is 0 Å². The molecule has 3 nitrogen and oxygen atoms in total. The highest BCUT2D eigenvalue weighted by Crippen LogP contribution is 2.18. The van der Waals surface area contributed by atoms with E-state index in [9.17, 15) is 4.79 Å². The summed E-state index contributed by atoms with van der Waals surface area (Å²) in [7, 11) is 0. The van der Waals surface area contributed by atoms with Crippen LogP contribution in [0.5, 0.6) is 0 Å². The van der Waals surface area contributed by atoms with Gasteiger partial charge in [-0.1, -0.05) is 12.2 Å². The van der Waals surface area contributed by atoms with E-state index in [1.165, 1.54) is 0 Å². The monoisotopic (exact) mass is 198 g/mol. The molecule has 0 aliphatic heterocycles. The maximum absolute atomic E-state index is 11.5. The van der Waals surface area contributed by atoms with Crippen LogP contribution in [0.4, 0.5) is 0 Å². The maximum Gasteiger partial charge on any atom is 0.338 e. The van der Waals surface area contributed by atoms with Crippen molar-refractivity contribution in [2.75, 3.05) is 13.2 Å². The second-order valence-corrected chi connectivity index (χ2v) is 3.04. The second kappa shape index (κ2) is 6.38. The Labute approximate surface area is 85.4 Å². The molecule has 0 aliphatic rings. The lowest BCUT2D eigenvalue weighted by atomic mass is 10.0. The Morgan fingerprint density at radius 1 is 1.43 bits per heavy atom. The SMILES string of the molecule is C=CCO[C@](C)(CC=C)C(=O)OCC. The summed E-state index contributed by atoms with van der Waals surface area (Å²) in [4.78, 5) is 11.5. The van der Waals surface area contributed by atoms with E-state index >= 15 is 0 Å². The van der Waals surface area contributed by atoms with Gasteiger partial charge >= 0.3 is 5.97 Å². The maximum atomic E-state index is 11.5. The molecule has 0 saturated heterocycles. The minimum atomic E-state index is -0.939. The van der Waals surface area contributed by atoms with Crippen LogP contribution >= 0.6 is 0 Å². The van der Waals surface area contributed by atoms with Crippen molar-refractivity contribution >= 4 is 5.97 Å². The first-order valence-corrected chi connectivity index (χ1v) is 4.63. The Morgan fingerprint density at radius 2 is 2.07 bits per heavy atom. The number of ether oxygens (including phenoxy) is 2. The molecule has 80 valence electrons. The van der Waals surface area contributed by atoms with Crippen LogP contribution in [0.1, 0.15) is 20.3 Å². The zero-order valence-electron chi connectivity index (χ0n) is 8.91. The van der Waals surface area contributed by atoms with Crippen LogP contribution < -0.4 is 0 Å². The van der Waals surface area contributed by atoms with Crippen LogP contribution in [0.2, 0.25) is 0 Å². The molecule has 0 radical (unpaired) electrons. The van der Waals surface area contributed by atoms with Gasteiger partial charge in [0.25, 0.3) is 0 Å². The number of rotatable bonds is 7. The lowest BCUT2D eigenvalue weighted by Crippen LogP contribution is -2.39. The summed E-state index contributed by atoms with van der Waals surface area (Å²) in [6.45, 7) is 11.2. The van der Waals surface area contributed by atoms with E-state index in [1.54, 1.807) is 26.0 Å². The van der Waals surface area contributed by atoms with Crippen LogP contribution in [-0.4, -0.2) is 24.8 Å². The van der Waals surface area contributed by atoms with Crippen LogP contribution in [-0.2, 0) is 14.3 Å². The van der Waals surface area contributed by atoms with Gasteiger partial charge in [-0.25, -0.2) is 4.79 Å². The van der Waals surface area contributed by atoms with Crippen molar-refractivity contribution in [3.05, 3.63) is 25.3 Å². The Bertz CT molecular complexity index is 211. The van der Waals surface area contributed by atoms with Crippen molar-refractivity contribution in [2.24, 2.45) is 0 Å². The molecule has 0 rings (SSSR count). The van der Waals surface area contributed by atoms with Gasteiger partial charge in [0.2, 0.25) is 0 Å². The molecule has 0 heterocycles. The van der Waals surface area contributed by atoms with Gasteiger partial charge in [-0.3, -0.25) is 0 Å². The Hall–Kier alpha value is -1.09. The van der Waals surface area contributed by atoms with Crippen LogP contribution in [0.15, 0.2) is 25.3 Å². The van der Waals surface area contributed by atoms with Crippen molar-refractivity contribution in [3.63, 3.8) is 0 Å². The molecular weight excluding hydrogens is 180 g/mol. The van der Waals surface area contributed by atoms with Gasteiger partial charge in [0.15, 0.2) is 5.60 Å². The molecule has 0 spiro atoms. The smallest absolute Gasteiger partial charge is 0.338 e. The average molecular weight is 198 g/mol. The van der Waals surface area contributed by atoms with Gasteiger partial charge in [0.05, 0.1) is 13.2 Å². The fourth-order valence-electron chi connectivity index (χ4n) is 1.00. The Morgan fingerprint density at radius 3 is 2.50 bits per heavy atom. The number of esters is 1. The van der Waals surface area contributed by atoms with Crippen molar-refractivity contribution < 1.29 is 14.3 Å². The first kappa shape index (κ1) is 12.9. The summed E-state index contributed by atoms with van der Waals surface area (Å²) in [6.07, 6.45) is 3.67. The molecular formula is C11H18O3. The topological polar surface area (TPSA) is 35.5 Å². The van der Waals surface area contributed by atoms with Gasteiger partial charge in [-0.05, 0) is 13.8 Å². The standard InChI is InChI=1S/C11H18O3/c1-5-8-11(4,14-9-6-2)10(12)13-7-3/h5-6H,1-2,7-9H2,3-4H3/t11-/m1/s1. The van der Waals surface area contributed by atoms with Gasteiger partial charge in [0, 0.05) is 6.42 Å². The minimum absolute atomic E-state index is 0.323. The highest BCUT2D eigenvalue weighted by molar-refractivity contribution is 5.79. The molecule has 0 aromatic carbocycles. The number of hydrogen-bond donors (Lipinski definition) is 0. The average Bonchev–Trinajstić information content (AvgIpc) is 2.15. The summed E-state index contributed by atoms with van der Waals surface area (Å²) in [6, 6.07) is 0. The van der Waals surface area contributed by atoms with Crippen LogP contribution in [0.25, 0.3) is 0 Å². The van der Waals surface area contributed by atoms with E-state index in [0.717, 1.165) is 0 Å². The number of hydrogen-bond acceptors (Lipinski definition) is 3. The zero-order valence-corrected chi connectivity index (χ0v) is 8.91.